The van der Waals surface area contributed by atoms with Crippen molar-refractivity contribution in [1.82, 2.24) is 20.1 Å². The van der Waals surface area contributed by atoms with Crippen LogP contribution in [0.5, 0.6) is 0 Å². The van der Waals surface area contributed by atoms with E-state index in [1.54, 1.807) is 11.9 Å². The molecule has 0 unspecified atom stereocenters. The maximum Gasteiger partial charge on any atom is 0.293 e. The molecule has 94 valence electrons. The van der Waals surface area contributed by atoms with E-state index in [1.165, 1.54) is 0 Å². The average molecular weight is 244 g/mol. The monoisotopic (exact) mass is 244 g/mol. The first-order valence-corrected chi connectivity index (χ1v) is 5.91. The average Bonchev–Trinajstić information content (AvgIpc) is 2.87. The molecule has 1 N–H and O–H groups in total. The van der Waals surface area contributed by atoms with Gasteiger partial charge in [-0.3, -0.25) is 9.89 Å². The van der Waals surface area contributed by atoms with E-state index < -0.39 is 0 Å². The van der Waals surface area contributed by atoms with Gasteiger partial charge in [0.1, 0.15) is 5.82 Å². The highest BCUT2D eigenvalue weighted by Crippen LogP contribution is 2.05. The molecule has 0 saturated carbocycles. The highest BCUT2D eigenvalue weighted by atomic mass is 16.2. The Hall–Kier alpha value is -2.17. The van der Waals surface area contributed by atoms with E-state index in [0.29, 0.717) is 6.54 Å². The Morgan fingerprint density at radius 2 is 2.06 bits per heavy atom. The van der Waals surface area contributed by atoms with Gasteiger partial charge in [0.05, 0.1) is 0 Å². The van der Waals surface area contributed by atoms with Crippen LogP contribution >= 0.6 is 0 Å². The number of aryl methyl sites for hydroxylation is 1. The third kappa shape index (κ3) is 2.74. The molecule has 0 bridgehead atoms. The molecule has 2 rings (SSSR count). The summed E-state index contributed by atoms with van der Waals surface area (Å²) < 4.78 is 0. The summed E-state index contributed by atoms with van der Waals surface area (Å²) in [4.78, 5) is 17.8. The number of aromatic nitrogens is 3. The Morgan fingerprint density at radius 3 is 2.67 bits per heavy atom. The fourth-order valence-electron chi connectivity index (χ4n) is 1.65. The first-order valence-electron chi connectivity index (χ1n) is 5.91. The summed E-state index contributed by atoms with van der Waals surface area (Å²) in [5, 5.41) is 6.67. The van der Waals surface area contributed by atoms with Crippen LogP contribution in [0, 0.1) is 0 Å². The van der Waals surface area contributed by atoms with Crippen molar-refractivity contribution < 1.29 is 4.79 Å². The highest BCUT2D eigenvalue weighted by molar-refractivity contribution is 5.90. The maximum absolute atomic E-state index is 12.1. The second kappa shape index (κ2) is 5.44. The lowest BCUT2D eigenvalue weighted by Gasteiger charge is -2.15. The lowest BCUT2D eigenvalue weighted by Crippen LogP contribution is -2.27. The zero-order valence-electron chi connectivity index (χ0n) is 10.6. The second-order valence-corrected chi connectivity index (χ2v) is 4.11. The van der Waals surface area contributed by atoms with Crippen LogP contribution in [0.15, 0.2) is 30.3 Å². The smallest absolute Gasteiger partial charge is 0.293 e. The molecule has 0 spiro atoms. The molecule has 1 aromatic heterocycles. The van der Waals surface area contributed by atoms with E-state index in [9.17, 15) is 4.79 Å². The van der Waals surface area contributed by atoms with Crippen molar-refractivity contribution in [3.8, 4) is 0 Å². The molecule has 0 radical (unpaired) electrons. The number of hydrogen-bond acceptors (Lipinski definition) is 3. The molecule has 1 amide bonds. The molecule has 18 heavy (non-hydrogen) atoms. The SMILES string of the molecule is CCc1nc(C(=O)N(C)Cc2ccccc2)n[nH]1. The van der Waals surface area contributed by atoms with E-state index in [2.05, 4.69) is 15.2 Å². The van der Waals surface area contributed by atoms with Gasteiger partial charge in [-0.25, -0.2) is 4.98 Å². The predicted molar refractivity (Wildman–Crippen MR) is 68.0 cm³/mol. The van der Waals surface area contributed by atoms with Crippen LogP contribution in [0.2, 0.25) is 0 Å². The first-order chi connectivity index (χ1) is 8.70. The number of hydrogen-bond donors (Lipinski definition) is 1. The predicted octanol–water partition coefficient (Wildman–Crippen LogP) is 1.64. The summed E-state index contributed by atoms with van der Waals surface area (Å²) in [7, 11) is 1.75. The van der Waals surface area contributed by atoms with Gasteiger partial charge in [-0.15, -0.1) is 5.10 Å². The molecule has 0 aliphatic rings. The Kier molecular flexibility index (Phi) is 3.72. The normalized spacial score (nSPS) is 10.3. The van der Waals surface area contributed by atoms with Crippen LogP contribution in [0.4, 0.5) is 0 Å². The van der Waals surface area contributed by atoms with E-state index >= 15 is 0 Å². The van der Waals surface area contributed by atoms with Crippen LogP contribution < -0.4 is 0 Å². The number of rotatable bonds is 4. The van der Waals surface area contributed by atoms with Crippen molar-refractivity contribution in [2.45, 2.75) is 19.9 Å². The van der Waals surface area contributed by atoms with Gasteiger partial charge in [0.15, 0.2) is 0 Å². The number of H-pyrrole nitrogens is 1. The first kappa shape index (κ1) is 12.3. The van der Waals surface area contributed by atoms with Crippen molar-refractivity contribution in [3.05, 3.63) is 47.5 Å². The largest absolute Gasteiger partial charge is 0.335 e. The van der Waals surface area contributed by atoms with Crippen LogP contribution in [0.1, 0.15) is 28.9 Å². The van der Waals surface area contributed by atoms with Crippen LogP contribution in [-0.4, -0.2) is 33.0 Å². The van der Waals surface area contributed by atoms with Gasteiger partial charge in [-0.05, 0) is 5.56 Å². The minimum atomic E-state index is -0.171. The van der Waals surface area contributed by atoms with E-state index in [1.807, 2.05) is 37.3 Å². The summed E-state index contributed by atoms with van der Waals surface area (Å²) in [5.41, 5.74) is 1.08. The number of benzene rings is 1. The fraction of sp³-hybridized carbons (Fsp3) is 0.308. The molecule has 5 heteroatoms. The summed E-state index contributed by atoms with van der Waals surface area (Å²) in [6, 6.07) is 9.83. The fourth-order valence-corrected chi connectivity index (χ4v) is 1.65. The zero-order chi connectivity index (χ0) is 13.0. The Balaban J connectivity index is 2.05. The number of carbonyl (C=O) groups excluding carboxylic acids is 1. The minimum absolute atomic E-state index is 0.171. The van der Waals surface area contributed by atoms with Gasteiger partial charge in [-0.2, -0.15) is 0 Å². The second-order valence-electron chi connectivity index (χ2n) is 4.11. The van der Waals surface area contributed by atoms with Gasteiger partial charge in [0, 0.05) is 20.0 Å². The van der Waals surface area contributed by atoms with Crippen molar-refractivity contribution in [2.75, 3.05) is 7.05 Å². The summed E-state index contributed by atoms with van der Waals surface area (Å²) >= 11 is 0. The van der Waals surface area contributed by atoms with Gasteiger partial charge in [0.25, 0.3) is 5.91 Å². The third-order valence-corrected chi connectivity index (χ3v) is 2.67. The number of nitrogens with one attached hydrogen (secondary N) is 1. The Bertz CT molecular complexity index is 521. The number of amides is 1. The molecule has 2 aromatic rings. The van der Waals surface area contributed by atoms with Crippen molar-refractivity contribution in [2.24, 2.45) is 0 Å². The van der Waals surface area contributed by atoms with Crippen molar-refractivity contribution in [1.29, 1.82) is 0 Å². The third-order valence-electron chi connectivity index (χ3n) is 2.67. The van der Waals surface area contributed by atoms with Gasteiger partial charge in [-0.1, -0.05) is 37.3 Å². The minimum Gasteiger partial charge on any atom is -0.335 e. The Labute approximate surface area is 106 Å². The zero-order valence-corrected chi connectivity index (χ0v) is 10.6. The number of aromatic amines is 1. The van der Waals surface area contributed by atoms with Gasteiger partial charge < -0.3 is 4.90 Å². The highest BCUT2D eigenvalue weighted by Gasteiger charge is 2.16. The van der Waals surface area contributed by atoms with E-state index in [4.69, 9.17) is 0 Å². The van der Waals surface area contributed by atoms with Crippen molar-refractivity contribution in [3.63, 3.8) is 0 Å². The molecule has 0 aliphatic carbocycles. The molecular formula is C13H16N4O. The Morgan fingerprint density at radius 1 is 1.33 bits per heavy atom. The summed E-state index contributed by atoms with van der Waals surface area (Å²) in [6.45, 7) is 2.51. The number of carbonyl (C=O) groups is 1. The summed E-state index contributed by atoms with van der Waals surface area (Å²) in [6.07, 6.45) is 0.739. The van der Waals surface area contributed by atoms with E-state index in [0.717, 1.165) is 17.8 Å². The molecular weight excluding hydrogens is 228 g/mol. The molecule has 0 fully saturated rings. The maximum atomic E-state index is 12.1. The van der Waals surface area contributed by atoms with Gasteiger partial charge >= 0.3 is 0 Å². The molecule has 1 heterocycles. The summed E-state index contributed by atoms with van der Waals surface area (Å²) in [5.74, 6) is 0.784. The van der Waals surface area contributed by atoms with Crippen LogP contribution in [0.25, 0.3) is 0 Å². The topological polar surface area (TPSA) is 61.9 Å². The quantitative estimate of drug-likeness (QED) is 0.889. The molecule has 1 aromatic carbocycles. The number of nitrogens with zero attached hydrogens (tertiary/aromatic N) is 3. The molecule has 5 nitrogen and oxygen atoms in total. The standard InChI is InChI=1S/C13H16N4O/c1-3-11-14-12(16-15-11)13(18)17(2)9-10-7-5-4-6-8-10/h4-8H,3,9H2,1-2H3,(H,14,15,16). The molecule has 0 saturated heterocycles. The molecule has 0 atom stereocenters. The van der Waals surface area contributed by atoms with Gasteiger partial charge in [0.2, 0.25) is 5.82 Å². The van der Waals surface area contributed by atoms with Crippen LogP contribution in [-0.2, 0) is 13.0 Å². The lowest BCUT2D eigenvalue weighted by atomic mass is 10.2. The lowest BCUT2D eigenvalue weighted by molar-refractivity contribution is 0.0773. The molecule has 0 aliphatic heterocycles. The van der Waals surface area contributed by atoms with Crippen LogP contribution in [0.3, 0.4) is 0 Å². The van der Waals surface area contributed by atoms with E-state index in [-0.39, 0.29) is 11.7 Å². The van der Waals surface area contributed by atoms with Crippen molar-refractivity contribution >= 4 is 5.91 Å².